The van der Waals surface area contributed by atoms with Gasteiger partial charge in [-0.15, -0.1) is 0 Å². The molecule has 1 fully saturated rings. The van der Waals surface area contributed by atoms with Crippen LogP contribution in [0.4, 0.5) is 4.79 Å². The third-order valence-electron chi connectivity index (χ3n) is 5.95. The Bertz CT molecular complexity index is 978. The van der Waals surface area contributed by atoms with Crippen molar-refractivity contribution in [2.45, 2.75) is 43.9 Å². The van der Waals surface area contributed by atoms with E-state index in [0.29, 0.717) is 12.8 Å². The molecule has 3 unspecified atom stereocenters. The lowest BCUT2D eigenvalue weighted by Crippen LogP contribution is -2.44. The lowest BCUT2D eigenvalue weighted by atomic mass is 9.98. The van der Waals surface area contributed by atoms with Crippen LogP contribution in [0.1, 0.15) is 36.8 Å². The lowest BCUT2D eigenvalue weighted by Gasteiger charge is -2.17. The van der Waals surface area contributed by atoms with Gasteiger partial charge in [0.15, 0.2) is 0 Å². The van der Waals surface area contributed by atoms with Crippen molar-refractivity contribution >= 4 is 18.0 Å². The summed E-state index contributed by atoms with van der Waals surface area (Å²) in [6, 6.07) is 15.3. The van der Waals surface area contributed by atoms with Crippen LogP contribution in [0.5, 0.6) is 0 Å². The van der Waals surface area contributed by atoms with Crippen LogP contribution in [-0.4, -0.2) is 54.5 Å². The smallest absolute Gasteiger partial charge is 0.407 e. The molecule has 2 aliphatic rings. The van der Waals surface area contributed by atoms with E-state index in [9.17, 15) is 14.4 Å². The van der Waals surface area contributed by atoms with Gasteiger partial charge in [0.05, 0.1) is 6.10 Å². The molecule has 1 aliphatic carbocycles. The number of aliphatic carboxylic acids is 1. The molecule has 1 aliphatic heterocycles. The van der Waals surface area contributed by atoms with E-state index in [2.05, 4.69) is 34.9 Å². The predicted octanol–water partition coefficient (Wildman–Crippen LogP) is 2.66. The Hall–Kier alpha value is -3.39. The van der Waals surface area contributed by atoms with Crippen molar-refractivity contribution in [3.05, 3.63) is 59.7 Å². The van der Waals surface area contributed by atoms with E-state index in [1.807, 2.05) is 24.3 Å². The van der Waals surface area contributed by atoms with Crippen molar-refractivity contribution in [3.8, 4) is 11.1 Å². The maximum Gasteiger partial charge on any atom is 0.407 e. The standard InChI is InChI=1S/C24H26N2O6/c1-14(23(28)29)26-22(27)21-11-10-15(32-21)12-25-24(30)31-13-20-18-8-4-2-6-16(18)17-7-3-5-9-19(17)20/h2-9,14-15,20-21H,10-13H2,1H3,(H,25,30)(H,26,27)(H,28,29). The van der Waals surface area contributed by atoms with Gasteiger partial charge in [0, 0.05) is 12.5 Å². The van der Waals surface area contributed by atoms with Crippen LogP contribution >= 0.6 is 0 Å². The third kappa shape index (κ3) is 4.60. The summed E-state index contributed by atoms with van der Waals surface area (Å²) in [6.07, 6.45) is -0.529. The second-order valence-corrected chi connectivity index (χ2v) is 8.10. The van der Waals surface area contributed by atoms with Gasteiger partial charge in [-0.05, 0) is 42.0 Å². The highest BCUT2D eigenvalue weighted by atomic mass is 16.5. The number of rotatable bonds is 7. The number of alkyl carbamates (subject to hydrolysis) is 1. The maximum absolute atomic E-state index is 12.3. The number of ether oxygens (including phenoxy) is 2. The molecule has 0 bridgehead atoms. The first-order valence-electron chi connectivity index (χ1n) is 10.7. The van der Waals surface area contributed by atoms with E-state index >= 15 is 0 Å². The summed E-state index contributed by atoms with van der Waals surface area (Å²) in [5.41, 5.74) is 4.62. The highest BCUT2D eigenvalue weighted by Crippen LogP contribution is 2.44. The summed E-state index contributed by atoms with van der Waals surface area (Å²) in [4.78, 5) is 35.2. The van der Waals surface area contributed by atoms with Crippen LogP contribution in [0.2, 0.25) is 0 Å². The van der Waals surface area contributed by atoms with Gasteiger partial charge >= 0.3 is 12.1 Å². The second kappa shape index (κ2) is 9.40. The lowest BCUT2D eigenvalue weighted by molar-refractivity contribution is -0.143. The molecule has 4 rings (SSSR count). The number of carboxylic acid groups (broad SMARTS) is 1. The number of hydrogen-bond acceptors (Lipinski definition) is 5. The van der Waals surface area contributed by atoms with Crippen LogP contribution in [0, 0.1) is 0 Å². The predicted molar refractivity (Wildman–Crippen MR) is 116 cm³/mol. The van der Waals surface area contributed by atoms with Crippen LogP contribution in [0.3, 0.4) is 0 Å². The van der Waals surface area contributed by atoms with Crippen molar-refractivity contribution in [3.63, 3.8) is 0 Å². The topological polar surface area (TPSA) is 114 Å². The minimum atomic E-state index is -1.11. The normalized spacial score (nSPS) is 20.2. The zero-order valence-corrected chi connectivity index (χ0v) is 17.7. The first-order valence-corrected chi connectivity index (χ1v) is 10.7. The van der Waals surface area contributed by atoms with Crippen molar-refractivity contribution in [2.75, 3.05) is 13.2 Å². The number of benzene rings is 2. The molecule has 8 nitrogen and oxygen atoms in total. The number of nitrogens with one attached hydrogen (secondary N) is 2. The van der Waals surface area contributed by atoms with E-state index < -0.39 is 30.1 Å². The molecule has 1 heterocycles. The monoisotopic (exact) mass is 438 g/mol. The minimum absolute atomic E-state index is 0.0137. The van der Waals surface area contributed by atoms with E-state index in [-0.39, 0.29) is 25.2 Å². The Morgan fingerprint density at radius 3 is 2.31 bits per heavy atom. The zero-order valence-electron chi connectivity index (χ0n) is 17.7. The summed E-state index contributed by atoms with van der Waals surface area (Å²) in [7, 11) is 0. The quantitative estimate of drug-likeness (QED) is 0.612. The molecule has 0 spiro atoms. The highest BCUT2D eigenvalue weighted by Gasteiger charge is 2.33. The molecule has 168 valence electrons. The molecule has 3 N–H and O–H groups in total. The van der Waals surface area contributed by atoms with Crippen molar-refractivity contribution in [1.29, 1.82) is 0 Å². The van der Waals surface area contributed by atoms with Crippen LogP contribution in [-0.2, 0) is 19.1 Å². The van der Waals surface area contributed by atoms with Gasteiger partial charge < -0.3 is 25.2 Å². The Morgan fingerprint density at radius 1 is 1.06 bits per heavy atom. The Kier molecular flexibility index (Phi) is 6.41. The Morgan fingerprint density at radius 2 is 1.69 bits per heavy atom. The molecule has 2 aromatic carbocycles. The molecular weight excluding hydrogens is 412 g/mol. The SMILES string of the molecule is CC(NC(=O)C1CCC(CNC(=O)OCC2c3ccccc3-c3ccccc32)O1)C(=O)O. The number of hydrogen-bond donors (Lipinski definition) is 3. The summed E-state index contributed by atoms with van der Waals surface area (Å²) < 4.78 is 11.2. The summed E-state index contributed by atoms with van der Waals surface area (Å²) in [5.74, 6) is -1.58. The fourth-order valence-corrected chi connectivity index (χ4v) is 4.26. The largest absolute Gasteiger partial charge is 0.480 e. The molecule has 0 radical (unpaired) electrons. The first-order chi connectivity index (χ1) is 15.4. The summed E-state index contributed by atoms with van der Waals surface area (Å²) in [6.45, 7) is 1.84. The second-order valence-electron chi connectivity index (χ2n) is 8.10. The van der Waals surface area contributed by atoms with Crippen molar-refractivity contribution in [1.82, 2.24) is 10.6 Å². The number of carbonyl (C=O) groups excluding carboxylic acids is 2. The molecule has 0 aromatic heterocycles. The molecule has 2 aromatic rings. The van der Waals surface area contributed by atoms with Gasteiger partial charge in [0.25, 0.3) is 0 Å². The average molecular weight is 438 g/mol. The maximum atomic E-state index is 12.3. The van der Waals surface area contributed by atoms with Gasteiger partial charge in [-0.25, -0.2) is 4.79 Å². The summed E-state index contributed by atoms with van der Waals surface area (Å²) in [5, 5.41) is 14.0. The number of amides is 2. The zero-order chi connectivity index (χ0) is 22.7. The summed E-state index contributed by atoms with van der Waals surface area (Å²) >= 11 is 0. The van der Waals surface area contributed by atoms with E-state index in [1.165, 1.54) is 6.92 Å². The van der Waals surface area contributed by atoms with Crippen LogP contribution in [0.25, 0.3) is 11.1 Å². The molecule has 2 amide bonds. The Labute approximate surface area is 185 Å². The van der Waals surface area contributed by atoms with Crippen LogP contribution in [0.15, 0.2) is 48.5 Å². The van der Waals surface area contributed by atoms with E-state index in [4.69, 9.17) is 14.6 Å². The Balaban J connectivity index is 1.25. The van der Waals surface area contributed by atoms with Crippen molar-refractivity contribution < 1.29 is 29.0 Å². The molecule has 8 heteroatoms. The average Bonchev–Trinajstić information content (AvgIpc) is 3.39. The number of carbonyl (C=O) groups is 3. The van der Waals surface area contributed by atoms with Gasteiger partial charge in [-0.3, -0.25) is 9.59 Å². The minimum Gasteiger partial charge on any atom is -0.480 e. The molecule has 1 saturated heterocycles. The number of fused-ring (bicyclic) bond motifs is 3. The molecular formula is C24H26N2O6. The molecule has 3 atom stereocenters. The third-order valence-corrected chi connectivity index (χ3v) is 5.95. The van der Waals surface area contributed by atoms with Crippen molar-refractivity contribution in [2.24, 2.45) is 0 Å². The van der Waals surface area contributed by atoms with E-state index in [1.54, 1.807) is 0 Å². The van der Waals surface area contributed by atoms with Gasteiger partial charge in [-0.1, -0.05) is 48.5 Å². The first kappa shape index (κ1) is 21.8. The molecule has 0 saturated carbocycles. The van der Waals surface area contributed by atoms with Gasteiger partial charge in [0.2, 0.25) is 5.91 Å². The fraction of sp³-hybridized carbons (Fsp3) is 0.375. The number of carboxylic acids is 1. The highest BCUT2D eigenvalue weighted by molar-refractivity contribution is 5.86. The van der Waals surface area contributed by atoms with Gasteiger partial charge in [-0.2, -0.15) is 0 Å². The van der Waals surface area contributed by atoms with Gasteiger partial charge in [0.1, 0.15) is 18.8 Å². The van der Waals surface area contributed by atoms with Crippen LogP contribution < -0.4 is 10.6 Å². The van der Waals surface area contributed by atoms with E-state index in [0.717, 1.165) is 22.3 Å². The fourth-order valence-electron chi connectivity index (χ4n) is 4.26. The molecule has 32 heavy (non-hydrogen) atoms.